The van der Waals surface area contributed by atoms with Gasteiger partial charge in [-0.2, -0.15) is 29.8 Å². The molecule has 2 bridgehead atoms. The first-order valence-electron chi connectivity index (χ1n) is 20.3. The minimum atomic E-state index is -4.89. The third kappa shape index (κ3) is 7.47. The van der Waals surface area contributed by atoms with Crippen LogP contribution in [0.3, 0.4) is 0 Å². The molecule has 4 aromatic rings. The van der Waals surface area contributed by atoms with Gasteiger partial charge in [-0.1, -0.05) is 42.6 Å². The second-order valence-corrected chi connectivity index (χ2v) is 22.6. The van der Waals surface area contributed by atoms with Gasteiger partial charge in [0.1, 0.15) is 11.4 Å². The summed E-state index contributed by atoms with van der Waals surface area (Å²) in [6, 6.07) is 11.8. The van der Waals surface area contributed by atoms with E-state index in [9.17, 15) is 38.9 Å². The Labute approximate surface area is 381 Å². The van der Waals surface area contributed by atoms with E-state index in [1.165, 1.54) is 24.3 Å². The predicted octanol–water partition coefficient (Wildman–Crippen LogP) is 8.71. The van der Waals surface area contributed by atoms with Crippen LogP contribution in [-0.2, 0) is 50.6 Å². The first kappa shape index (κ1) is 46.6. The molecule has 4 aliphatic rings. The summed E-state index contributed by atoms with van der Waals surface area (Å²) in [5.41, 5.74) is 5.08. The highest BCUT2D eigenvalue weighted by atomic mass is 35.5. The molecule has 15 nitrogen and oxygen atoms in total. The molecule has 0 saturated carbocycles. The molecule has 1 fully saturated rings. The standard InChI is InChI=1S/C44H46ClN3O12S4/c1-8-47-34-14-10-26-30(20-24(62(50,51)52)22-36(26)61-60-59-49)40(34)43(3,4)38(47)18-12-28-32-16-17-33(46(32)7)29(42(28)45)13-19-39-44(5,6)41-31-21-25(63(53,54)55)23-37(64(56,57)58)27(31)11-15-35(41)48(39)9-2/h10-15,18-23,32-33H,8-9,16-17H2,1-7H3,(H3-,49,50,51,52,53,54,55,56,57,58)/p+1. The Morgan fingerprint density at radius 3 is 2.03 bits per heavy atom. The van der Waals surface area contributed by atoms with E-state index in [2.05, 4.69) is 38.6 Å². The van der Waals surface area contributed by atoms with Gasteiger partial charge in [0, 0.05) is 63.4 Å². The van der Waals surface area contributed by atoms with Crippen molar-refractivity contribution < 1.29 is 58.1 Å². The van der Waals surface area contributed by atoms with Gasteiger partial charge in [-0.25, -0.2) is 5.26 Å². The molecule has 0 aromatic heterocycles. The van der Waals surface area contributed by atoms with Gasteiger partial charge in [0.25, 0.3) is 30.4 Å². The van der Waals surface area contributed by atoms with Gasteiger partial charge in [0.2, 0.25) is 5.69 Å². The van der Waals surface area contributed by atoms with Gasteiger partial charge in [-0.3, -0.25) is 18.6 Å². The topological polar surface area (TPSA) is 211 Å². The lowest BCUT2D eigenvalue weighted by Gasteiger charge is -2.34. The molecule has 4 aliphatic heterocycles. The first-order valence-corrected chi connectivity index (χ1v) is 25.8. The number of fused-ring (bicyclic) bond motifs is 8. The largest absolute Gasteiger partial charge is 0.344 e. The van der Waals surface area contributed by atoms with Crippen molar-refractivity contribution in [2.75, 3.05) is 25.0 Å². The van der Waals surface area contributed by atoms with E-state index in [1.807, 2.05) is 65.8 Å². The highest BCUT2D eigenvalue weighted by Gasteiger charge is 2.47. The van der Waals surface area contributed by atoms with Gasteiger partial charge in [0.15, 0.2) is 5.71 Å². The Morgan fingerprint density at radius 1 is 0.797 bits per heavy atom. The summed E-state index contributed by atoms with van der Waals surface area (Å²) in [7, 11) is -12.3. The van der Waals surface area contributed by atoms with Crippen LogP contribution in [0, 0.1) is 0 Å². The maximum absolute atomic E-state index is 12.5. The molecular weight excluding hydrogens is 926 g/mol. The Morgan fingerprint density at radius 2 is 1.42 bits per heavy atom. The molecule has 4 N–H and O–H groups in total. The van der Waals surface area contributed by atoms with E-state index in [0.717, 1.165) is 52.7 Å². The fraction of sp³-hybridized carbons (Fsp3) is 0.341. The van der Waals surface area contributed by atoms with E-state index >= 15 is 0 Å². The number of benzene rings is 4. The fourth-order valence-corrected chi connectivity index (χ4v) is 13.3. The monoisotopic (exact) mass is 972 g/mol. The number of rotatable bonds is 11. The van der Waals surface area contributed by atoms with Crippen LogP contribution in [0.15, 0.2) is 114 Å². The molecule has 4 aromatic carbocycles. The zero-order chi connectivity index (χ0) is 46.6. The van der Waals surface area contributed by atoms with Crippen molar-refractivity contribution in [3.63, 3.8) is 0 Å². The number of hydrogen-bond donors (Lipinski definition) is 4. The average molecular weight is 974 g/mol. The summed E-state index contributed by atoms with van der Waals surface area (Å²) in [6.45, 7) is 13.1. The lowest BCUT2D eigenvalue weighted by molar-refractivity contribution is -0.433. The summed E-state index contributed by atoms with van der Waals surface area (Å²) in [5.74, 6) is 0. The van der Waals surface area contributed by atoms with Crippen LogP contribution >= 0.6 is 23.6 Å². The normalized spacial score (nSPS) is 22.3. The average Bonchev–Trinajstić information content (AvgIpc) is 3.73. The van der Waals surface area contributed by atoms with Crippen LogP contribution in [0.2, 0.25) is 0 Å². The Balaban J connectivity index is 1.23. The van der Waals surface area contributed by atoms with E-state index in [4.69, 9.17) is 21.2 Å². The van der Waals surface area contributed by atoms with E-state index in [-0.39, 0.29) is 27.8 Å². The molecular formula is C44H47ClN3O12S4+. The van der Waals surface area contributed by atoms with Crippen molar-refractivity contribution in [1.29, 1.82) is 0 Å². The first-order chi connectivity index (χ1) is 29.9. The van der Waals surface area contributed by atoms with Gasteiger partial charge >= 0.3 is 0 Å². The highest BCUT2D eigenvalue weighted by Crippen LogP contribution is 2.53. The second-order valence-electron chi connectivity index (χ2n) is 17.3. The van der Waals surface area contributed by atoms with Crippen molar-refractivity contribution in [1.82, 2.24) is 4.90 Å². The fourth-order valence-electron chi connectivity index (χ4n) is 10.4. The minimum Gasteiger partial charge on any atom is -0.344 e. The van der Waals surface area contributed by atoms with Crippen LogP contribution in [0.25, 0.3) is 21.5 Å². The molecule has 20 heteroatoms. The predicted molar refractivity (Wildman–Crippen MR) is 245 cm³/mol. The molecule has 1 saturated heterocycles. The van der Waals surface area contributed by atoms with Gasteiger partial charge in [0.05, 0.1) is 32.3 Å². The number of allylic oxidation sites excluding steroid dienone is 4. The number of anilines is 1. The molecule has 0 aliphatic carbocycles. The zero-order valence-electron chi connectivity index (χ0n) is 35.8. The molecule has 64 heavy (non-hydrogen) atoms. The van der Waals surface area contributed by atoms with E-state index in [1.54, 1.807) is 6.07 Å². The molecule has 4 heterocycles. The summed E-state index contributed by atoms with van der Waals surface area (Å²) < 4.78 is 112. The van der Waals surface area contributed by atoms with Crippen LogP contribution in [0.5, 0.6) is 0 Å². The van der Waals surface area contributed by atoms with Crippen LogP contribution in [0.1, 0.15) is 65.5 Å². The maximum atomic E-state index is 12.5. The molecule has 8 rings (SSSR count). The molecule has 2 atom stereocenters. The summed E-state index contributed by atoms with van der Waals surface area (Å²) in [4.78, 5) is 3.14. The highest BCUT2D eigenvalue weighted by molar-refractivity contribution is 7.94. The lowest BCUT2D eigenvalue weighted by atomic mass is 9.78. The van der Waals surface area contributed by atoms with Crippen molar-refractivity contribution in [2.24, 2.45) is 0 Å². The van der Waals surface area contributed by atoms with E-state index < -0.39 is 51.0 Å². The molecule has 340 valence electrons. The van der Waals surface area contributed by atoms with E-state index in [0.29, 0.717) is 57.1 Å². The second kappa shape index (κ2) is 16.1. The molecule has 2 unspecified atom stereocenters. The van der Waals surface area contributed by atoms with Gasteiger partial charge < -0.3 is 4.90 Å². The summed E-state index contributed by atoms with van der Waals surface area (Å²) in [6.07, 6.45) is 9.81. The summed E-state index contributed by atoms with van der Waals surface area (Å²) in [5, 5.41) is 14.8. The van der Waals surface area contributed by atoms with Crippen molar-refractivity contribution >= 4 is 92.6 Å². The lowest BCUT2D eigenvalue weighted by Crippen LogP contribution is -2.38. The Kier molecular flexibility index (Phi) is 11.7. The molecule has 0 spiro atoms. The van der Waals surface area contributed by atoms with Crippen LogP contribution in [0.4, 0.5) is 11.4 Å². The zero-order valence-corrected chi connectivity index (χ0v) is 39.8. The third-order valence-corrected chi connectivity index (χ3v) is 16.9. The van der Waals surface area contributed by atoms with Gasteiger partial charge in [-0.05, 0) is 129 Å². The molecule has 0 amide bonds. The minimum absolute atomic E-state index is 0.00606. The van der Waals surface area contributed by atoms with Crippen LogP contribution < -0.4 is 4.90 Å². The third-order valence-electron chi connectivity index (χ3n) is 13.2. The smallest absolute Gasteiger partial charge is 0.295 e. The van der Waals surface area contributed by atoms with Crippen molar-refractivity contribution in [3.05, 3.63) is 106 Å². The van der Waals surface area contributed by atoms with Crippen molar-refractivity contribution in [3.8, 4) is 0 Å². The SMILES string of the molecule is CCN1C(=CC=C2C(Cl)=C(C=CC3=[N+](CC)c4ccc5c(S(=O)(=O)O)cc(S(=O)(=O)O)cc5c4C3(C)C)C3CCC2N3C)C(C)(C)c2c1ccc1c(SOOO)cc(S(=O)(=O)O)cc21. The van der Waals surface area contributed by atoms with Crippen LogP contribution in [-0.4, -0.2) is 91.6 Å². The Hall–Kier alpha value is -3.96. The quantitative estimate of drug-likeness (QED) is 0.0364. The maximum Gasteiger partial charge on any atom is 0.295 e. The number of likely N-dealkylation sites (N-methyl/N-ethyl adjacent to an activating group) is 2. The van der Waals surface area contributed by atoms with Gasteiger partial charge in [-0.15, -0.1) is 4.33 Å². The Bertz CT molecular complexity index is 3210. The molecule has 0 radical (unpaired) electrons. The number of hydrogen-bond acceptors (Lipinski definition) is 12. The van der Waals surface area contributed by atoms with Crippen molar-refractivity contribution in [2.45, 2.75) is 96.9 Å². The summed E-state index contributed by atoms with van der Waals surface area (Å²) >= 11 is 8.06. The number of halogens is 1. The number of nitrogens with zero attached hydrogens (tertiary/aromatic N) is 3.